The molecule has 1 aromatic carbocycles. The first kappa shape index (κ1) is 28.1. The molecule has 0 spiro atoms. The van der Waals surface area contributed by atoms with E-state index in [0.29, 0.717) is 11.4 Å². The number of esters is 1. The van der Waals surface area contributed by atoms with Crippen LogP contribution in [0.1, 0.15) is 64.2 Å². The Bertz CT molecular complexity index is 932. The predicted octanol–water partition coefficient (Wildman–Crippen LogP) is 4.26. The van der Waals surface area contributed by atoms with E-state index in [0.717, 1.165) is 0 Å². The second kappa shape index (κ2) is 12.0. The Balaban J connectivity index is 1.96. The lowest BCUT2D eigenvalue weighted by Crippen LogP contribution is -2.33. The highest BCUT2D eigenvalue weighted by Crippen LogP contribution is 2.31. The summed E-state index contributed by atoms with van der Waals surface area (Å²) in [6, 6.07) is 4.47. The molecule has 0 radical (unpaired) electrons. The highest BCUT2D eigenvalue weighted by atomic mass is 35.5. The van der Waals surface area contributed by atoms with E-state index in [9.17, 15) is 19.2 Å². The molecule has 11 heteroatoms. The minimum absolute atomic E-state index is 0.0127. The van der Waals surface area contributed by atoms with Crippen LogP contribution in [0.3, 0.4) is 0 Å². The summed E-state index contributed by atoms with van der Waals surface area (Å²) >= 11 is 11.9. The topological polar surface area (TPSA) is 108 Å². The fraction of sp³-hybridized carbons (Fsp3) is 0.565. The number of halogens is 2. The number of nitrogens with one attached hydrogen (secondary N) is 1. The number of amides is 1. The fourth-order valence-corrected chi connectivity index (χ4v) is 3.89. The Kier molecular flexibility index (Phi) is 9.97. The summed E-state index contributed by atoms with van der Waals surface area (Å²) in [6.45, 7) is 8.88. The molecular formula is C23H30BCl2NO7. The minimum atomic E-state index is -1.09. The maximum atomic E-state index is 12.6. The number of rotatable bonds is 10. The van der Waals surface area contributed by atoms with Crippen LogP contribution in [0, 0.1) is 5.92 Å². The number of Topliss-reactive ketones (excluding diaryl/α,β-unsaturated/α-hetero) is 1. The Morgan fingerprint density at radius 1 is 1.21 bits per heavy atom. The van der Waals surface area contributed by atoms with E-state index in [1.807, 2.05) is 13.8 Å². The Labute approximate surface area is 210 Å². The Morgan fingerprint density at radius 3 is 2.50 bits per heavy atom. The highest BCUT2D eigenvalue weighted by molar-refractivity contribution is 6.51. The Morgan fingerprint density at radius 2 is 1.88 bits per heavy atom. The van der Waals surface area contributed by atoms with Gasteiger partial charge in [-0.1, -0.05) is 37.0 Å². The van der Waals surface area contributed by atoms with Crippen LogP contribution in [-0.2, 0) is 28.4 Å². The van der Waals surface area contributed by atoms with Gasteiger partial charge in [-0.05, 0) is 51.3 Å². The third-order valence-electron chi connectivity index (χ3n) is 4.83. The van der Waals surface area contributed by atoms with Crippen molar-refractivity contribution in [3.63, 3.8) is 0 Å². The van der Waals surface area contributed by atoms with Crippen LogP contribution in [0.2, 0.25) is 15.9 Å². The second-order valence-corrected chi connectivity index (χ2v) is 10.5. The Hall–Kier alpha value is -2.10. The molecule has 34 heavy (non-hydrogen) atoms. The van der Waals surface area contributed by atoms with Crippen molar-refractivity contribution in [3.05, 3.63) is 33.8 Å². The molecule has 1 aliphatic rings. The maximum Gasteiger partial charge on any atom is 0.531 e. The SMILES string of the molecule is CC(C)C[C@H](CC(=O)CNC(=O)c1cc(Cl)ccc1Cl)B1OC(=O)[C@H](CC(=O)OC(C)(C)C)O1. The van der Waals surface area contributed by atoms with Crippen LogP contribution < -0.4 is 5.32 Å². The van der Waals surface area contributed by atoms with Crippen LogP contribution in [-0.4, -0.2) is 49.0 Å². The lowest BCUT2D eigenvalue weighted by atomic mass is 9.66. The van der Waals surface area contributed by atoms with Gasteiger partial charge in [0.05, 0.1) is 23.6 Å². The number of benzene rings is 1. The smallest absolute Gasteiger partial charge is 0.507 e. The molecule has 0 bridgehead atoms. The minimum Gasteiger partial charge on any atom is -0.507 e. The van der Waals surface area contributed by atoms with E-state index in [1.54, 1.807) is 26.8 Å². The molecule has 0 unspecified atom stereocenters. The molecule has 2 rings (SSSR count). The molecule has 8 nitrogen and oxygen atoms in total. The molecule has 2 atom stereocenters. The molecule has 186 valence electrons. The van der Waals surface area contributed by atoms with E-state index < -0.39 is 42.5 Å². The van der Waals surface area contributed by atoms with Crippen LogP contribution in [0.25, 0.3) is 0 Å². The van der Waals surface area contributed by atoms with Crippen molar-refractivity contribution >= 4 is 53.9 Å². The van der Waals surface area contributed by atoms with E-state index in [4.69, 9.17) is 37.2 Å². The number of hydrogen-bond donors (Lipinski definition) is 1. The van der Waals surface area contributed by atoms with Crippen molar-refractivity contribution in [2.75, 3.05) is 6.54 Å². The zero-order chi connectivity index (χ0) is 25.6. The first-order valence-electron chi connectivity index (χ1n) is 11.1. The summed E-state index contributed by atoms with van der Waals surface area (Å²) in [4.78, 5) is 49.4. The van der Waals surface area contributed by atoms with Gasteiger partial charge in [0.15, 0.2) is 11.9 Å². The van der Waals surface area contributed by atoms with Gasteiger partial charge in [-0.3, -0.25) is 19.2 Å². The van der Waals surface area contributed by atoms with Gasteiger partial charge in [-0.2, -0.15) is 0 Å². The van der Waals surface area contributed by atoms with Gasteiger partial charge in [-0.15, -0.1) is 0 Å². The molecule has 0 aliphatic carbocycles. The molecule has 0 aromatic heterocycles. The fourth-order valence-electron chi connectivity index (χ4n) is 3.52. The van der Waals surface area contributed by atoms with Gasteiger partial charge < -0.3 is 19.4 Å². The summed E-state index contributed by atoms with van der Waals surface area (Å²) in [5, 5.41) is 3.10. The standard InChI is InChI=1S/C23H30BCl2NO7/c1-13(2)8-14(24-33-19(22(31)34-24)11-20(29)32-23(3,4)5)9-16(28)12-27-21(30)17-10-15(25)6-7-18(17)26/h6-7,10,13-14,19H,8-9,11-12H2,1-5H3,(H,27,30)/t14-,19+/m1/s1. The summed E-state index contributed by atoms with van der Waals surface area (Å²) in [7, 11) is -0.968. The normalized spacial score (nSPS) is 16.9. The lowest BCUT2D eigenvalue weighted by Gasteiger charge is -2.21. The number of hydrogen-bond acceptors (Lipinski definition) is 7. The molecule has 1 N–H and O–H groups in total. The quantitative estimate of drug-likeness (QED) is 0.367. The number of carbonyl (C=O) groups is 4. The number of ketones is 1. The predicted molar refractivity (Wildman–Crippen MR) is 129 cm³/mol. The average Bonchev–Trinajstić information content (AvgIpc) is 3.06. The maximum absolute atomic E-state index is 12.6. The largest absolute Gasteiger partial charge is 0.531 e. The lowest BCUT2D eigenvalue weighted by molar-refractivity contribution is -0.158. The van der Waals surface area contributed by atoms with Gasteiger partial charge in [0.2, 0.25) is 0 Å². The van der Waals surface area contributed by atoms with Crippen LogP contribution in [0.4, 0.5) is 0 Å². The first-order chi connectivity index (χ1) is 15.7. The number of carbonyl (C=O) groups excluding carboxylic acids is 4. The van der Waals surface area contributed by atoms with Crippen molar-refractivity contribution in [3.8, 4) is 0 Å². The van der Waals surface area contributed by atoms with E-state index in [2.05, 4.69) is 5.32 Å². The van der Waals surface area contributed by atoms with Crippen LogP contribution in [0.5, 0.6) is 0 Å². The summed E-state index contributed by atoms with van der Waals surface area (Å²) in [6.07, 6.45) is -0.810. The van der Waals surface area contributed by atoms with E-state index in [1.165, 1.54) is 12.1 Å². The molecule has 1 amide bonds. The average molecular weight is 514 g/mol. The van der Waals surface area contributed by atoms with Gasteiger partial charge >= 0.3 is 19.1 Å². The summed E-state index contributed by atoms with van der Waals surface area (Å²) in [5.41, 5.74) is -0.524. The summed E-state index contributed by atoms with van der Waals surface area (Å²) in [5.74, 6) is -2.29. The third-order valence-corrected chi connectivity index (χ3v) is 5.40. The molecule has 1 saturated heterocycles. The zero-order valence-corrected chi connectivity index (χ0v) is 21.5. The van der Waals surface area contributed by atoms with Crippen molar-refractivity contribution in [1.29, 1.82) is 0 Å². The van der Waals surface area contributed by atoms with Crippen molar-refractivity contribution in [2.24, 2.45) is 5.92 Å². The molecule has 1 fully saturated rings. The molecule has 1 heterocycles. The third kappa shape index (κ3) is 8.93. The number of ether oxygens (including phenoxy) is 1. The summed E-state index contributed by atoms with van der Waals surface area (Å²) < 4.78 is 16.3. The van der Waals surface area contributed by atoms with Crippen molar-refractivity contribution in [2.45, 2.75) is 71.4 Å². The van der Waals surface area contributed by atoms with Crippen molar-refractivity contribution in [1.82, 2.24) is 5.32 Å². The molecule has 1 aromatic rings. The van der Waals surface area contributed by atoms with E-state index in [-0.39, 0.29) is 41.7 Å². The van der Waals surface area contributed by atoms with Crippen molar-refractivity contribution < 1.29 is 33.2 Å². The van der Waals surface area contributed by atoms with Gasteiger partial charge in [-0.25, -0.2) is 0 Å². The monoisotopic (exact) mass is 513 g/mol. The first-order valence-corrected chi connectivity index (χ1v) is 11.8. The van der Waals surface area contributed by atoms with Crippen LogP contribution >= 0.6 is 23.2 Å². The highest BCUT2D eigenvalue weighted by Gasteiger charge is 2.46. The second-order valence-electron chi connectivity index (χ2n) is 9.66. The van der Waals surface area contributed by atoms with Crippen LogP contribution in [0.15, 0.2) is 18.2 Å². The van der Waals surface area contributed by atoms with Gasteiger partial charge in [0, 0.05) is 17.3 Å². The molecule has 0 saturated carbocycles. The van der Waals surface area contributed by atoms with Gasteiger partial charge in [0.25, 0.3) is 5.91 Å². The van der Waals surface area contributed by atoms with E-state index >= 15 is 0 Å². The van der Waals surface area contributed by atoms with Gasteiger partial charge in [0.1, 0.15) is 5.60 Å². The molecular weight excluding hydrogens is 484 g/mol. The molecule has 1 aliphatic heterocycles. The zero-order valence-electron chi connectivity index (χ0n) is 20.0.